The Morgan fingerprint density at radius 2 is 0.714 bits per heavy atom. The standard InChI is InChI=1S/C89H72N2/c1-85-47-19-21-49-87(85,3)90(65-31-13-7-14-32-65)83-74-53-57-25-23-37-67(72(57)51-61(74)41-45-79(83)85)59-39-43-71-76(55-59)69-35-17-18-36-70(69)81-77-56-60(40-44-78(77)89(82(71)81,63-27-9-5-10-28-63)64-29-11-6-12-30-64)68-38-24-26-58-54-75-62(52-73(58)68)42-46-80-84(75)91(66-33-15-8-16-34-66)88(4)50-22-20-48-86(80,88)2/h5-18,23-46,51-56H,19-22,47-50H2,1-4H3. The Labute approximate surface area is 534 Å². The molecule has 5 aliphatic rings. The van der Waals surface area contributed by atoms with Crippen molar-refractivity contribution in [3.63, 3.8) is 0 Å². The van der Waals surface area contributed by atoms with Crippen molar-refractivity contribution in [1.82, 2.24) is 0 Å². The van der Waals surface area contributed by atoms with Crippen LogP contribution in [0.3, 0.4) is 0 Å². The van der Waals surface area contributed by atoms with Crippen molar-refractivity contribution >= 4 is 87.4 Å². The zero-order chi connectivity index (χ0) is 60.6. The summed E-state index contributed by atoms with van der Waals surface area (Å²) in [5, 5.41) is 15.5. The normalized spacial score (nSPS) is 21.9. The van der Waals surface area contributed by atoms with Crippen LogP contribution in [0.4, 0.5) is 22.7 Å². The molecule has 91 heavy (non-hydrogen) atoms. The molecule has 0 saturated heterocycles. The lowest BCUT2D eigenvalue weighted by molar-refractivity contribution is 0.195. The van der Waals surface area contributed by atoms with Crippen LogP contribution in [0, 0.1) is 0 Å². The highest BCUT2D eigenvalue weighted by Crippen LogP contribution is 2.66. The van der Waals surface area contributed by atoms with Gasteiger partial charge in [-0.2, -0.15) is 0 Å². The number of nitrogens with zero attached hydrogens (tertiary/aromatic N) is 2. The van der Waals surface area contributed by atoms with Crippen molar-refractivity contribution < 1.29 is 0 Å². The zero-order valence-corrected chi connectivity index (χ0v) is 52.5. The first-order chi connectivity index (χ1) is 44.6. The van der Waals surface area contributed by atoms with Gasteiger partial charge in [-0.25, -0.2) is 0 Å². The van der Waals surface area contributed by atoms with E-state index in [0.717, 1.165) is 0 Å². The fourth-order valence-electron chi connectivity index (χ4n) is 19.6. The summed E-state index contributed by atoms with van der Waals surface area (Å²) in [6, 6.07) is 103. The average Bonchev–Trinajstić information content (AvgIpc) is 1.55. The van der Waals surface area contributed by atoms with E-state index >= 15 is 0 Å². The fraction of sp³-hybridized carbons (Fsp3) is 0.191. The number of benzene rings is 14. The molecule has 2 heterocycles. The van der Waals surface area contributed by atoms with Gasteiger partial charge in [0.2, 0.25) is 0 Å². The van der Waals surface area contributed by atoms with Gasteiger partial charge in [0.15, 0.2) is 0 Å². The third-order valence-corrected chi connectivity index (χ3v) is 24.3. The minimum atomic E-state index is -0.627. The molecular formula is C89H72N2. The summed E-state index contributed by atoms with van der Waals surface area (Å²) in [6.45, 7) is 10.2. The molecule has 438 valence electrons. The average molecular weight is 1170 g/mol. The Morgan fingerprint density at radius 1 is 0.286 bits per heavy atom. The van der Waals surface area contributed by atoms with Gasteiger partial charge in [-0.05, 0) is 221 Å². The molecule has 0 spiro atoms. The highest BCUT2D eigenvalue weighted by Gasteiger charge is 2.60. The van der Waals surface area contributed by atoms with Crippen LogP contribution in [0.2, 0.25) is 0 Å². The van der Waals surface area contributed by atoms with Crippen molar-refractivity contribution in [3.8, 4) is 33.4 Å². The summed E-state index contributed by atoms with van der Waals surface area (Å²) in [5.41, 5.74) is 20.6. The molecule has 0 aromatic heterocycles. The SMILES string of the molecule is CC12CCCCC1(C)N(c1ccccc1)c1c2ccc2cc3c(-c4ccc5c(c4)-c4c(c6ccc(-c7cccc8cc9c%10c(ccc9cc78)C7(C)CCCCC7(C)N%10c7ccccc7)cc6c6ccccc46)C5(c4ccccc4)c4ccccc4)cccc3cc12. The van der Waals surface area contributed by atoms with Crippen molar-refractivity contribution in [1.29, 1.82) is 0 Å². The van der Waals surface area contributed by atoms with Crippen molar-refractivity contribution in [2.45, 2.75) is 106 Å². The van der Waals surface area contributed by atoms with Crippen LogP contribution in [0.5, 0.6) is 0 Å². The molecule has 14 aromatic carbocycles. The molecule has 0 amide bonds. The quantitative estimate of drug-likeness (QED) is 0.121. The summed E-state index contributed by atoms with van der Waals surface area (Å²) < 4.78 is 0. The van der Waals surface area contributed by atoms with E-state index in [1.807, 2.05) is 0 Å². The van der Waals surface area contributed by atoms with Gasteiger partial charge in [-0.3, -0.25) is 0 Å². The van der Waals surface area contributed by atoms with Gasteiger partial charge in [0, 0.05) is 33.0 Å². The summed E-state index contributed by atoms with van der Waals surface area (Å²) in [4.78, 5) is 5.49. The topological polar surface area (TPSA) is 6.48 Å². The predicted octanol–water partition coefficient (Wildman–Crippen LogP) is 23.8. The zero-order valence-electron chi connectivity index (χ0n) is 52.5. The Kier molecular flexibility index (Phi) is 11.2. The molecule has 19 rings (SSSR count). The van der Waals surface area contributed by atoms with E-state index in [1.165, 1.54) is 206 Å². The first-order valence-electron chi connectivity index (χ1n) is 33.6. The monoisotopic (exact) mass is 1170 g/mol. The lowest BCUT2D eigenvalue weighted by atomic mass is 9.61. The first kappa shape index (κ1) is 53.1. The second-order valence-corrected chi connectivity index (χ2v) is 28.4. The van der Waals surface area contributed by atoms with Gasteiger partial charge < -0.3 is 9.80 Å². The van der Waals surface area contributed by atoms with Gasteiger partial charge in [-0.15, -0.1) is 0 Å². The molecule has 2 nitrogen and oxygen atoms in total. The number of rotatable bonds is 6. The molecule has 4 atom stereocenters. The molecule has 2 aliphatic heterocycles. The lowest BCUT2D eigenvalue weighted by Crippen LogP contribution is -2.54. The van der Waals surface area contributed by atoms with Crippen LogP contribution < -0.4 is 9.80 Å². The number of para-hydroxylation sites is 2. The largest absolute Gasteiger partial charge is 0.334 e. The van der Waals surface area contributed by atoms with Crippen LogP contribution in [0.1, 0.15) is 112 Å². The van der Waals surface area contributed by atoms with Crippen LogP contribution in [0.25, 0.3) is 98.0 Å². The predicted molar refractivity (Wildman–Crippen MR) is 385 cm³/mol. The van der Waals surface area contributed by atoms with Gasteiger partial charge in [0.25, 0.3) is 0 Å². The minimum Gasteiger partial charge on any atom is -0.334 e. The third kappa shape index (κ3) is 6.98. The fourth-order valence-corrected chi connectivity index (χ4v) is 19.6. The van der Waals surface area contributed by atoms with Gasteiger partial charge >= 0.3 is 0 Å². The van der Waals surface area contributed by atoms with E-state index in [9.17, 15) is 0 Å². The van der Waals surface area contributed by atoms with Crippen LogP contribution in [0.15, 0.2) is 267 Å². The molecule has 14 aromatic rings. The summed E-state index contributed by atoms with van der Waals surface area (Å²) >= 11 is 0. The third-order valence-electron chi connectivity index (χ3n) is 24.3. The van der Waals surface area contributed by atoms with Crippen LogP contribution in [-0.4, -0.2) is 11.1 Å². The van der Waals surface area contributed by atoms with Gasteiger partial charge in [-0.1, -0.05) is 246 Å². The highest BCUT2D eigenvalue weighted by molar-refractivity contribution is 6.21. The molecule has 2 fully saturated rings. The van der Waals surface area contributed by atoms with E-state index < -0.39 is 5.41 Å². The first-order valence-corrected chi connectivity index (χ1v) is 33.6. The molecule has 4 unspecified atom stereocenters. The van der Waals surface area contributed by atoms with E-state index in [-0.39, 0.29) is 21.9 Å². The molecular weight excluding hydrogens is 1100 g/mol. The lowest BCUT2D eigenvalue weighted by Gasteiger charge is -2.50. The van der Waals surface area contributed by atoms with Crippen molar-refractivity contribution in [2.24, 2.45) is 0 Å². The smallest absolute Gasteiger partial charge is 0.0719 e. The van der Waals surface area contributed by atoms with Gasteiger partial charge in [0.1, 0.15) is 0 Å². The second kappa shape index (κ2) is 19.1. The second-order valence-electron chi connectivity index (χ2n) is 28.4. The van der Waals surface area contributed by atoms with Gasteiger partial charge in [0.05, 0.1) is 27.9 Å². The Balaban J connectivity index is 0.812. The Bertz CT molecular complexity index is 5340. The maximum atomic E-state index is 2.75. The summed E-state index contributed by atoms with van der Waals surface area (Å²) in [6.07, 6.45) is 9.80. The summed E-state index contributed by atoms with van der Waals surface area (Å²) in [5.74, 6) is 0. The molecule has 2 saturated carbocycles. The van der Waals surface area contributed by atoms with Crippen molar-refractivity contribution in [3.05, 3.63) is 300 Å². The number of fused-ring (bicyclic) bond motifs is 20. The molecule has 3 aliphatic carbocycles. The molecule has 2 heteroatoms. The highest BCUT2D eigenvalue weighted by atomic mass is 15.3. The molecule has 0 radical (unpaired) electrons. The summed E-state index contributed by atoms with van der Waals surface area (Å²) in [7, 11) is 0. The van der Waals surface area contributed by atoms with Crippen LogP contribution >= 0.6 is 0 Å². The maximum absolute atomic E-state index is 2.75. The number of hydrogen-bond donors (Lipinski definition) is 0. The van der Waals surface area contributed by atoms with Crippen molar-refractivity contribution in [2.75, 3.05) is 9.80 Å². The molecule has 0 N–H and O–H groups in total. The number of hydrogen-bond acceptors (Lipinski definition) is 2. The van der Waals surface area contributed by atoms with Crippen LogP contribution in [-0.2, 0) is 16.2 Å². The van der Waals surface area contributed by atoms with E-state index in [2.05, 4.69) is 304 Å². The Hall–Kier alpha value is -9.76. The minimum absolute atomic E-state index is 0.0207. The maximum Gasteiger partial charge on any atom is 0.0719 e. The van der Waals surface area contributed by atoms with E-state index in [0.29, 0.717) is 0 Å². The molecule has 0 bridgehead atoms. The van der Waals surface area contributed by atoms with E-state index in [1.54, 1.807) is 0 Å². The van der Waals surface area contributed by atoms with E-state index in [4.69, 9.17) is 0 Å². The Morgan fingerprint density at radius 3 is 1.24 bits per heavy atom. The number of anilines is 4.